The lowest BCUT2D eigenvalue weighted by Gasteiger charge is -2.13. The van der Waals surface area contributed by atoms with E-state index < -0.39 is 0 Å². The summed E-state index contributed by atoms with van der Waals surface area (Å²) in [5, 5.41) is 1.92. The maximum atomic E-state index is 5.39. The van der Waals surface area contributed by atoms with E-state index in [9.17, 15) is 0 Å². The van der Waals surface area contributed by atoms with Gasteiger partial charge in [0.25, 0.3) is 0 Å². The number of hydrogen-bond donors (Lipinski definition) is 1. The van der Waals surface area contributed by atoms with Crippen LogP contribution in [0.3, 0.4) is 0 Å². The largest absolute Gasteiger partial charge is 0.467 e. The van der Waals surface area contributed by atoms with Crippen LogP contribution in [0.15, 0.2) is 24.2 Å². The fraction of sp³-hybridized carbons (Fsp3) is 0.600. The molecular weight excluding hydrogens is 164 g/mol. The molecule has 1 N–H and O–H groups in total. The molecule has 0 atom stereocenters. The second-order valence-corrected chi connectivity index (χ2v) is 3.11. The van der Waals surface area contributed by atoms with Gasteiger partial charge in [-0.2, -0.15) is 0 Å². The summed E-state index contributed by atoms with van der Waals surface area (Å²) >= 11 is 0. The summed E-state index contributed by atoms with van der Waals surface area (Å²) in [4.78, 5) is 0. The van der Waals surface area contributed by atoms with Gasteiger partial charge >= 0.3 is 0 Å². The van der Waals surface area contributed by atoms with E-state index in [1.54, 1.807) is 0 Å². The molecule has 0 amide bonds. The van der Waals surface area contributed by atoms with Crippen LogP contribution >= 0.6 is 0 Å². The first-order valence-corrected chi connectivity index (χ1v) is 4.45. The molecule has 0 aromatic carbocycles. The van der Waals surface area contributed by atoms with Gasteiger partial charge in [0.05, 0.1) is 5.76 Å². The van der Waals surface area contributed by atoms with E-state index in [0.717, 1.165) is 24.5 Å². The van der Waals surface area contributed by atoms with Crippen molar-refractivity contribution in [3.8, 4) is 0 Å². The number of rotatable bonds is 6. The van der Waals surface area contributed by atoms with Crippen LogP contribution in [-0.2, 0) is 4.74 Å². The Hall–Kier alpha value is -0.800. The van der Waals surface area contributed by atoms with Crippen molar-refractivity contribution in [2.75, 3.05) is 20.6 Å². The van der Waals surface area contributed by atoms with Gasteiger partial charge in [-0.3, -0.25) is 10.4 Å². The first-order valence-electron chi connectivity index (χ1n) is 4.45. The Kier molecular flexibility index (Phi) is 6.28. The Bertz CT molecular complexity index is 185. The fourth-order valence-corrected chi connectivity index (χ4v) is 0.881. The average molecular weight is 184 g/mol. The van der Waals surface area contributed by atoms with Gasteiger partial charge in [0.15, 0.2) is 0 Å². The zero-order valence-corrected chi connectivity index (χ0v) is 9.05. The van der Waals surface area contributed by atoms with Gasteiger partial charge in [-0.1, -0.05) is 6.58 Å². The molecule has 0 aliphatic heterocycles. The predicted octanol–water partition coefficient (Wildman–Crippen LogP) is 1.90. The van der Waals surface area contributed by atoms with Gasteiger partial charge in [0, 0.05) is 27.1 Å². The number of nitrogens with one attached hydrogen (secondary N) is 1. The standard InChI is InChI=1S/C10H20N2O/c1-6-10(13-9(2)3)7-8-11-12(4)5/h6,11H,2,7-8H2,1,3-5H3/b10-6-. The summed E-state index contributed by atoms with van der Waals surface area (Å²) in [5.74, 6) is 1.69. The normalized spacial score (nSPS) is 11.9. The third kappa shape index (κ3) is 7.56. The van der Waals surface area contributed by atoms with Crippen molar-refractivity contribution < 1.29 is 4.74 Å². The van der Waals surface area contributed by atoms with Crippen LogP contribution in [0.25, 0.3) is 0 Å². The summed E-state index contributed by atoms with van der Waals surface area (Å²) in [5.41, 5.74) is 3.17. The minimum absolute atomic E-state index is 0.734. The van der Waals surface area contributed by atoms with E-state index in [-0.39, 0.29) is 0 Å². The first kappa shape index (κ1) is 12.2. The van der Waals surface area contributed by atoms with Crippen LogP contribution < -0.4 is 5.43 Å². The first-order chi connectivity index (χ1) is 6.06. The molecule has 0 rings (SSSR count). The molecule has 0 unspecified atom stereocenters. The van der Waals surface area contributed by atoms with E-state index in [1.165, 1.54) is 0 Å². The Morgan fingerprint density at radius 3 is 2.54 bits per heavy atom. The highest BCUT2D eigenvalue weighted by atomic mass is 16.5. The Morgan fingerprint density at radius 2 is 2.15 bits per heavy atom. The van der Waals surface area contributed by atoms with Crippen molar-refractivity contribution in [2.45, 2.75) is 20.3 Å². The summed E-state index contributed by atoms with van der Waals surface area (Å²) in [6, 6.07) is 0. The Balaban J connectivity index is 3.68. The minimum Gasteiger partial charge on any atom is -0.467 e. The van der Waals surface area contributed by atoms with Crippen LogP contribution in [0.1, 0.15) is 20.3 Å². The quantitative estimate of drug-likeness (QED) is 0.504. The minimum atomic E-state index is 0.734. The van der Waals surface area contributed by atoms with Crippen molar-refractivity contribution >= 4 is 0 Å². The third-order valence-corrected chi connectivity index (χ3v) is 1.43. The molecule has 0 aliphatic carbocycles. The SMILES string of the molecule is C=C(C)O/C(=C\C)CCNN(C)C. The van der Waals surface area contributed by atoms with Gasteiger partial charge in [-0.15, -0.1) is 0 Å². The number of hydrazine groups is 1. The average Bonchev–Trinajstić information content (AvgIpc) is 2.01. The lowest BCUT2D eigenvalue weighted by Crippen LogP contribution is -2.31. The molecule has 3 heteroatoms. The van der Waals surface area contributed by atoms with Gasteiger partial charge < -0.3 is 4.74 Å². The summed E-state index contributed by atoms with van der Waals surface area (Å²) in [7, 11) is 3.93. The maximum Gasteiger partial charge on any atom is 0.101 e. The third-order valence-electron chi connectivity index (χ3n) is 1.43. The summed E-state index contributed by atoms with van der Waals surface area (Å²) < 4.78 is 5.39. The number of allylic oxidation sites excluding steroid dienone is 2. The van der Waals surface area contributed by atoms with Crippen LogP contribution in [0, 0.1) is 0 Å². The van der Waals surface area contributed by atoms with Crippen molar-refractivity contribution in [2.24, 2.45) is 0 Å². The molecule has 0 saturated carbocycles. The molecule has 0 bridgehead atoms. The van der Waals surface area contributed by atoms with Crippen LogP contribution in [0.5, 0.6) is 0 Å². The second kappa shape index (κ2) is 6.69. The number of hydrogen-bond acceptors (Lipinski definition) is 3. The molecule has 0 radical (unpaired) electrons. The summed E-state index contributed by atoms with van der Waals surface area (Å²) in [6.07, 6.45) is 2.84. The van der Waals surface area contributed by atoms with E-state index in [2.05, 4.69) is 12.0 Å². The highest BCUT2D eigenvalue weighted by Crippen LogP contribution is 2.07. The van der Waals surface area contributed by atoms with Crippen LogP contribution in [-0.4, -0.2) is 25.6 Å². The molecule has 0 spiro atoms. The lowest BCUT2D eigenvalue weighted by molar-refractivity contribution is 0.258. The molecule has 0 aromatic heterocycles. The molecule has 0 heterocycles. The van der Waals surface area contributed by atoms with Crippen molar-refractivity contribution in [1.29, 1.82) is 0 Å². The van der Waals surface area contributed by atoms with E-state index in [0.29, 0.717) is 0 Å². The molecular formula is C10H20N2O. The maximum absolute atomic E-state index is 5.39. The van der Waals surface area contributed by atoms with E-state index in [1.807, 2.05) is 39.0 Å². The molecule has 76 valence electrons. The molecule has 0 aliphatic rings. The van der Waals surface area contributed by atoms with Gasteiger partial charge in [-0.05, 0) is 19.9 Å². The number of nitrogens with zero attached hydrogens (tertiary/aromatic N) is 1. The van der Waals surface area contributed by atoms with Crippen molar-refractivity contribution in [3.05, 3.63) is 24.2 Å². The topological polar surface area (TPSA) is 24.5 Å². The highest BCUT2D eigenvalue weighted by Gasteiger charge is 1.97. The van der Waals surface area contributed by atoms with E-state index >= 15 is 0 Å². The van der Waals surface area contributed by atoms with Gasteiger partial charge in [0.2, 0.25) is 0 Å². The Labute approximate surface area is 81.0 Å². The van der Waals surface area contributed by atoms with Crippen molar-refractivity contribution in [3.63, 3.8) is 0 Å². The molecule has 3 nitrogen and oxygen atoms in total. The lowest BCUT2D eigenvalue weighted by atomic mass is 10.3. The van der Waals surface area contributed by atoms with Gasteiger partial charge in [0.1, 0.15) is 5.76 Å². The fourth-order valence-electron chi connectivity index (χ4n) is 0.881. The smallest absolute Gasteiger partial charge is 0.101 e. The van der Waals surface area contributed by atoms with Crippen LogP contribution in [0.4, 0.5) is 0 Å². The zero-order chi connectivity index (χ0) is 10.3. The zero-order valence-electron chi connectivity index (χ0n) is 9.05. The second-order valence-electron chi connectivity index (χ2n) is 3.11. The molecule has 0 aromatic rings. The van der Waals surface area contributed by atoms with Crippen molar-refractivity contribution in [1.82, 2.24) is 10.4 Å². The van der Waals surface area contributed by atoms with Gasteiger partial charge in [-0.25, -0.2) is 0 Å². The Morgan fingerprint density at radius 1 is 1.54 bits per heavy atom. The molecule has 0 fully saturated rings. The van der Waals surface area contributed by atoms with Crippen LogP contribution in [0.2, 0.25) is 0 Å². The number of ether oxygens (including phenoxy) is 1. The molecule has 0 saturated heterocycles. The monoisotopic (exact) mass is 184 g/mol. The highest BCUT2D eigenvalue weighted by molar-refractivity contribution is 4.95. The molecule has 13 heavy (non-hydrogen) atoms. The van der Waals surface area contributed by atoms with E-state index in [4.69, 9.17) is 4.74 Å². The summed E-state index contributed by atoms with van der Waals surface area (Å²) in [6.45, 7) is 8.38. The predicted molar refractivity (Wildman–Crippen MR) is 56.0 cm³/mol.